The Hall–Kier alpha value is -0.910. The Morgan fingerprint density at radius 2 is 2.38 bits per heavy atom. The molecular formula is C15H13BrClNO2S. The molecule has 0 N–H and O–H groups in total. The molecule has 0 radical (unpaired) electrons. The number of hydrogen-bond acceptors (Lipinski definition) is 4. The number of carbonyl (C=O) groups excluding carboxylic acids is 1. The third-order valence-corrected chi connectivity index (χ3v) is 5.42. The Bertz CT molecular complexity index is 701. The molecule has 1 aromatic carbocycles. The van der Waals surface area contributed by atoms with Gasteiger partial charge in [0.25, 0.3) is 0 Å². The summed E-state index contributed by atoms with van der Waals surface area (Å²) in [7, 11) is 0. The third kappa shape index (κ3) is 2.87. The van der Waals surface area contributed by atoms with Gasteiger partial charge >= 0.3 is 5.97 Å². The Kier molecular flexibility index (Phi) is 4.33. The van der Waals surface area contributed by atoms with Crippen LogP contribution in [0, 0.1) is 0 Å². The largest absolute Gasteiger partial charge is 0.465 e. The molecule has 0 amide bonds. The summed E-state index contributed by atoms with van der Waals surface area (Å²) in [6.07, 6.45) is 1.67. The van der Waals surface area contributed by atoms with E-state index in [1.807, 2.05) is 25.1 Å². The summed E-state index contributed by atoms with van der Waals surface area (Å²) in [4.78, 5) is 17.8. The van der Waals surface area contributed by atoms with E-state index in [1.165, 1.54) is 4.88 Å². The number of halogens is 2. The zero-order valence-electron chi connectivity index (χ0n) is 11.4. The van der Waals surface area contributed by atoms with Gasteiger partial charge in [0.1, 0.15) is 10.9 Å². The number of esters is 1. The second kappa shape index (κ2) is 6.07. The van der Waals surface area contributed by atoms with Gasteiger partial charge in [0, 0.05) is 14.9 Å². The van der Waals surface area contributed by atoms with Crippen molar-refractivity contribution in [3.63, 3.8) is 0 Å². The number of hydrogen-bond donors (Lipinski definition) is 0. The van der Waals surface area contributed by atoms with Crippen LogP contribution in [-0.4, -0.2) is 17.6 Å². The maximum Gasteiger partial charge on any atom is 0.315 e. The van der Waals surface area contributed by atoms with Crippen LogP contribution >= 0.6 is 38.9 Å². The Morgan fingerprint density at radius 3 is 3.10 bits per heavy atom. The molecule has 3 nitrogen and oxygen atoms in total. The van der Waals surface area contributed by atoms with E-state index < -0.39 is 0 Å². The first-order chi connectivity index (χ1) is 10.1. The lowest BCUT2D eigenvalue weighted by atomic mass is 10.1. The molecule has 0 saturated heterocycles. The maximum atomic E-state index is 12.0. The fourth-order valence-electron chi connectivity index (χ4n) is 2.48. The van der Waals surface area contributed by atoms with Crippen molar-refractivity contribution in [3.8, 4) is 10.6 Å². The number of benzene rings is 1. The van der Waals surface area contributed by atoms with Crippen molar-refractivity contribution < 1.29 is 9.53 Å². The van der Waals surface area contributed by atoms with Gasteiger partial charge in [-0.15, -0.1) is 11.3 Å². The van der Waals surface area contributed by atoms with E-state index >= 15 is 0 Å². The summed E-state index contributed by atoms with van der Waals surface area (Å²) in [5.41, 5.74) is 1.77. The smallest absolute Gasteiger partial charge is 0.315 e. The van der Waals surface area contributed by atoms with Gasteiger partial charge in [0.05, 0.1) is 17.3 Å². The molecule has 2 aromatic rings. The van der Waals surface area contributed by atoms with E-state index in [0.717, 1.165) is 33.6 Å². The lowest BCUT2D eigenvalue weighted by molar-refractivity contribution is -0.145. The molecule has 6 heteroatoms. The lowest BCUT2D eigenvalue weighted by Gasteiger charge is -2.08. The minimum absolute atomic E-state index is 0.171. The molecule has 0 aliphatic heterocycles. The summed E-state index contributed by atoms with van der Waals surface area (Å²) in [6, 6.07) is 5.74. The van der Waals surface area contributed by atoms with Gasteiger partial charge in [0.2, 0.25) is 0 Å². The van der Waals surface area contributed by atoms with E-state index in [2.05, 4.69) is 20.9 Å². The number of thiazole rings is 1. The summed E-state index contributed by atoms with van der Waals surface area (Å²) in [5.74, 6) is -0.394. The van der Waals surface area contributed by atoms with Crippen LogP contribution in [0.1, 0.15) is 29.8 Å². The normalized spacial score (nSPS) is 16.8. The third-order valence-electron chi connectivity index (χ3n) is 3.45. The molecule has 1 atom stereocenters. The maximum absolute atomic E-state index is 12.0. The van der Waals surface area contributed by atoms with Crippen LogP contribution in [0.5, 0.6) is 0 Å². The number of aryl methyl sites for hydroxylation is 1. The Morgan fingerprint density at radius 1 is 1.57 bits per heavy atom. The summed E-state index contributed by atoms with van der Waals surface area (Å²) < 4.78 is 6.07. The van der Waals surface area contributed by atoms with Crippen LogP contribution < -0.4 is 0 Å². The molecule has 1 aliphatic rings. The molecular weight excluding hydrogens is 374 g/mol. The molecule has 1 heterocycles. The van der Waals surface area contributed by atoms with Crippen LogP contribution in [0.25, 0.3) is 10.6 Å². The Labute approximate surface area is 140 Å². The highest BCUT2D eigenvalue weighted by atomic mass is 79.9. The standard InChI is InChI=1S/C15H13BrClNO2S/c1-2-20-15(19)10-5-6-12-13(10)18-14(21-12)9-4-3-8(16)7-11(9)17/h3-4,7,10H,2,5-6H2,1H3. The fourth-order valence-corrected chi connectivity index (χ4v) is 4.47. The van der Waals surface area contributed by atoms with Crippen molar-refractivity contribution in [2.24, 2.45) is 0 Å². The average molecular weight is 387 g/mol. The molecule has 1 unspecified atom stereocenters. The predicted molar refractivity (Wildman–Crippen MR) is 88.0 cm³/mol. The SMILES string of the molecule is CCOC(=O)C1CCc2sc(-c3ccc(Br)cc3Cl)nc21. The van der Waals surface area contributed by atoms with E-state index in [9.17, 15) is 4.79 Å². The summed E-state index contributed by atoms with van der Waals surface area (Å²) in [5, 5.41) is 1.52. The van der Waals surface area contributed by atoms with Crippen molar-refractivity contribution in [1.29, 1.82) is 0 Å². The number of rotatable bonds is 3. The van der Waals surface area contributed by atoms with Crippen LogP contribution in [0.3, 0.4) is 0 Å². The van der Waals surface area contributed by atoms with Gasteiger partial charge in [-0.2, -0.15) is 0 Å². The van der Waals surface area contributed by atoms with Crippen LogP contribution in [-0.2, 0) is 16.0 Å². The minimum atomic E-state index is -0.223. The molecule has 0 bridgehead atoms. The van der Waals surface area contributed by atoms with Gasteiger partial charge < -0.3 is 4.74 Å². The van der Waals surface area contributed by atoms with Gasteiger partial charge in [0.15, 0.2) is 0 Å². The molecule has 0 fully saturated rings. The number of fused-ring (bicyclic) bond motifs is 1. The first-order valence-electron chi connectivity index (χ1n) is 6.71. The second-order valence-electron chi connectivity index (χ2n) is 4.79. The predicted octanol–water partition coefficient (Wildman–Crippen LogP) is 4.82. The number of aromatic nitrogens is 1. The van der Waals surface area contributed by atoms with Crippen molar-refractivity contribution >= 4 is 44.8 Å². The zero-order valence-corrected chi connectivity index (χ0v) is 14.5. The molecule has 0 saturated carbocycles. The van der Waals surface area contributed by atoms with E-state index in [0.29, 0.717) is 11.6 Å². The highest BCUT2D eigenvalue weighted by molar-refractivity contribution is 9.10. The first-order valence-corrected chi connectivity index (χ1v) is 8.70. The van der Waals surface area contributed by atoms with Crippen molar-refractivity contribution in [1.82, 2.24) is 4.98 Å². The lowest BCUT2D eigenvalue weighted by Crippen LogP contribution is -2.14. The molecule has 110 valence electrons. The fraction of sp³-hybridized carbons (Fsp3) is 0.333. The quantitative estimate of drug-likeness (QED) is 0.710. The van der Waals surface area contributed by atoms with E-state index in [4.69, 9.17) is 16.3 Å². The molecule has 1 aromatic heterocycles. The molecule has 0 spiro atoms. The van der Waals surface area contributed by atoms with Gasteiger partial charge in [-0.3, -0.25) is 4.79 Å². The highest BCUT2D eigenvalue weighted by Crippen LogP contribution is 2.42. The summed E-state index contributed by atoms with van der Waals surface area (Å²) >= 11 is 11.3. The van der Waals surface area contributed by atoms with Crippen molar-refractivity contribution in [2.75, 3.05) is 6.61 Å². The molecule has 21 heavy (non-hydrogen) atoms. The average Bonchev–Trinajstić information content (AvgIpc) is 2.98. The molecule has 1 aliphatic carbocycles. The van der Waals surface area contributed by atoms with Gasteiger partial charge in [-0.1, -0.05) is 27.5 Å². The Balaban J connectivity index is 1.95. The van der Waals surface area contributed by atoms with Crippen LogP contribution in [0.2, 0.25) is 5.02 Å². The monoisotopic (exact) mass is 385 g/mol. The molecule has 3 rings (SSSR count). The number of ether oxygens (including phenoxy) is 1. The van der Waals surface area contributed by atoms with Gasteiger partial charge in [-0.25, -0.2) is 4.98 Å². The van der Waals surface area contributed by atoms with Gasteiger partial charge in [-0.05, 0) is 38.0 Å². The number of carbonyl (C=O) groups is 1. The topological polar surface area (TPSA) is 39.2 Å². The summed E-state index contributed by atoms with van der Waals surface area (Å²) in [6.45, 7) is 2.22. The van der Waals surface area contributed by atoms with Crippen molar-refractivity contribution in [2.45, 2.75) is 25.7 Å². The first kappa shape index (κ1) is 15.0. The minimum Gasteiger partial charge on any atom is -0.465 e. The van der Waals surface area contributed by atoms with Crippen LogP contribution in [0.4, 0.5) is 0 Å². The van der Waals surface area contributed by atoms with E-state index in [1.54, 1.807) is 11.3 Å². The van der Waals surface area contributed by atoms with Crippen molar-refractivity contribution in [3.05, 3.63) is 38.3 Å². The van der Waals surface area contributed by atoms with E-state index in [-0.39, 0.29) is 11.9 Å². The second-order valence-corrected chi connectivity index (χ2v) is 7.20. The highest BCUT2D eigenvalue weighted by Gasteiger charge is 2.33. The zero-order chi connectivity index (χ0) is 15.0. The van der Waals surface area contributed by atoms with Crippen LogP contribution in [0.15, 0.2) is 22.7 Å². The number of nitrogens with zero attached hydrogens (tertiary/aromatic N) is 1.